The zero-order valence-corrected chi connectivity index (χ0v) is 15.2. The highest BCUT2D eigenvalue weighted by molar-refractivity contribution is 7.99. The predicted octanol–water partition coefficient (Wildman–Crippen LogP) is 3.75. The lowest BCUT2D eigenvalue weighted by molar-refractivity contribution is -0.0504. The van der Waals surface area contributed by atoms with Gasteiger partial charge >= 0.3 is 6.61 Å². The second-order valence-corrected chi connectivity index (χ2v) is 7.32. The first-order valence-corrected chi connectivity index (χ1v) is 8.60. The maximum Gasteiger partial charge on any atom is 0.387 e. The maximum absolute atomic E-state index is 12.4. The van der Waals surface area contributed by atoms with Crippen molar-refractivity contribution in [3.05, 3.63) is 28.8 Å². The van der Waals surface area contributed by atoms with Crippen LogP contribution in [0.25, 0.3) is 0 Å². The van der Waals surface area contributed by atoms with Gasteiger partial charge in [-0.25, -0.2) is 0 Å². The van der Waals surface area contributed by atoms with Crippen molar-refractivity contribution in [2.24, 2.45) is 4.99 Å². The Labute approximate surface area is 145 Å². The Bertz CT molecular complexity index is 541. The zero-order chi connectivity index (χ0) is 17.5. The molecule has 0 unspecified atom stereocenters. The van der Waals surface area contributed by atoms with Crippen molar-refractivity contribution in [2.45, 2.75) is 31.8 Å². The molecule has 0 aliphatic rings. The van der Waals surface area contributed by atoms with Gasteiger partial charge in [-0.15, -0.1) is 0 Å². The van der Waals surface area contributed by atoms with Crippen molar-refractivity contribution in [2.75, 3.05) is 19.8 Å². The topological polar surface area (TPSA) is 45.7 Å². The number of nitrogens with zero attached hydrogens (tertiary/aromatic N) is 1. The molecule has 0 radical (unpaired) electrons. The van der Waals surface area contributed by atoms with E-state index in [4.69, 9.17) is 11.6 Å². The monoisotopic (exact) mass is 365 g/mol. The second kappa shape index (κ2) is 9.17. The van der Waals surface area contributed by atoms with Gasteiger partial charge in [0.1, 0.15) is 5.75 Å². The quantitative estimate of drug-likeness (QED) is 0.570. The number of aliphatic imine (C=N–C) groups is 1. The highest BCUT2D eigenvalue weighted by Gasteiger charge is 2.16. The van der Waals surface area contributed by atoms with Gasteiger partial charge in [0.15, 0.2) is 5.96 Å². The predicted molar refractivity (Wildman–Crippen MR) is 93.9 cm³/mol. The third kappa shape index (κ3) is 7.26. The van der Waals surface area contributed by atoms with Gasteiger partial charge in [0, 0.05) is 35.5 Å². The number of nitrogens with one attached hydrogen (secondary N) is 2. The van der Waals surface area contributed by atoms with Gasteiger partial charge in [-0.1, -0.05) is 11.6 Å². The molecular formula is C15H22ClF2N3OS. The van der Waals surface area contributed by atoms with Crippen molar-refractivity contribution in [3.8, 4) is 5.75 Å². The van der Waals surface area contributed by atoms with Crippen LogP contribution in [-0.4, -0.2) is 37.2 Å². The fourth-order valence-corrected chi connectivity index (χ4v) is 2.08. The first kappa shape index (κ1) is 19.8. The molecule has 2 N–H and O–H groups in total. The molecule has 0 saturated heterocycles. The van der Waals surface area contributed by atoms with E-state index in [9.17, 15) is 8.78 Å². The van der Waals surface area contributed by atoms with E-state index in [2.05, 4.69) is 34.2 Å². The van der Waals surface area contributed by atoms with Crippen molar-refractivity contribution < 1.29 is 13.5 Å². The van der Waals surface area contributed by atoms with E-state index < -0.39 is 6.61 Å². The van der Waals surface area contributed by atoms with Crippen LogP contribution in [0.1, 0.15) is 19.4 Å². The summed E-state index contributed by atoms with van der Waals surface area (Å²) < 4.78 is 29.4. The van der Waals surface area contributed by atoms with E-state index in [0.29, 0.717) is 23.1 Å². The fourth-order valence-electron chi connectivity index (χ4n) is 1.67. The van der Waals surface area contributed by atoms with Crippen LogP contribution in [-0.2, 0) is 6.54 Å². The summed E-state index contributed by atoms with van der Waals surface area (Å²) in [5.74, 6) is 0.673. The number of thioether (sulfide) groups is 1. The van der Waals surface area contributed by atoms with Crippen molar-refractivity contribution in [1.29, 1.82) is 0 Å². The Morgan fingerprint density at radius 1 is 1.39 bits per heavy atom. The summed E-state index contributed by atoms with van der Waals surface area (Å²) >= 11 is 7.66. The smallest absolute Gasteiger partial charge is 0.387 e. The van der Waals surface area contributed by atoms with Crippen molar-refractivity contribution >= 4 is 29.3 Å². The van der Waals surface area contributed by atoms with Crippen LogP contribution in [0.5, 0.6) is 5.75 Å². The number of guanidine groups is 1. The van der Waals surface area contributed by atoms with Gasteiger partial charge in [-0.05, 0) is 38.3 Å². The lowest BCUT2D eigenvalue weighted by atomic mass is 10.2. The molecule has 0 heterocycles. The molecule has 0 aliphatic carbocycles. The van der Waals surface area contributed by atoms with Crippen LogP contribution in [0.4, 0.5) is 8.78 Å². The molecular weight excluding hydrogens is 344 g/mol. The molecule has 8 heteroatoms. The summed E-state index contributed by atoms with van der Waals surface area (Å²) in [4.78, 5) is 4.12. The summed E-state index contributed by atoms with van der Waals surface area (Å²) in [6.07, 6.45) is 2.04. The molecule has 0 amide bonds. The average molecular weight is 366 g/mol. The van der Waals surface area contributed by atoms with Gasteiger partial charge in [0.25, 0.3) is 0 Å². The standard InChI is InChI=1S/C15H22ClF2N3OS/c1-15(2,23-4)9-21-14(19-3)20-8-10-7-11(16)5-6-12(10)22-13(17)18/h5-7,13H,8-9H2,1-4H3,(H2,19,20,21). The third-order valence-electron chi connectivity index (χ3n) is 3.14. The van der Waals surface area contributed by atoms with Crippen molar-refractivity contribution in [1.82, 2.24) is 10.6 Å². The SMILES string of the molecule is CN=C(NCc1cc(Cl)ccc1OC(F)F)NCC(C)(C)SC. The molecule has 0 atom stereocenters. The van der Waals surface area contributed by atoms with E-state index in [1.165, 1.54) is 12.1 Å². The zero-order valence-electron chi connectivity index (χ0n) is 13.6. The number of halogens is 3. The number of alkyl halides is 2. The molecule has 0 aliphatic heterocycles. The largest absolute Gasteiger partial charge is 0.434 e. The van der Waals surface area contributed by atoms with Gasteiger partial charge in [-0.2, -0.15) is 20.5 Å². The molecule has 4 nitrogen and oxygen atoms in total. The second-order valence-electron chi connectivity index (χ2n) is 5.37. The first-order chi connectivity index (χ1) is 10.8. The molecule has 130 valence electrons. The Hall–Kier alpha value is -1.21. The van der Waals surface area contributed by atoms with E-state index >= 15 is 0 Å². The number of hydrogen-bond donors (Lipinski definition) is 2. The number of ether oxygens (including phenoxy) is 1. The summed E-state index contributed by atoms with van der Waals surface area (Å²) in [7, 11) is 1.65. The van der Waals surface area contributed by atoms with E-state index in [1.54, 1.807) is 24.9 Å². The summed E-state index contributed by atoms with van der Waals surface area (Å²) in [5, 5.41) is 6.72. The summed E-state index contributed by atoms with van der Waals surface area (Å²) in [6, 6.07) is 4.53. The summed E-state index contributed by atoms with van der Waals surface area (Å²) in [6.45, 7) is 2.33. The van der Waals surface area contributed by atoms with Crippen LogP contribution < -0.4 is 15.4 Å². The van der Waals surface area contributed by atoms with E-state index in [-0.39, 0.29) is 17.0 Å². The highest BCUT2D eigenvalue weighted by atomic mass is 35.5. The lowest BCUT2D eigenvalue weighted by Crippen LogP contribution is -2.43. The fraction of sp³-hybridized carbons (Fsp3) is 0.533. The summed E-state index contributed by atoms with van der Waals surface area (Å²) in [5.41, 5.74) is 0.532. The highest BCUT2D eigenvalue weighted by Crippen LogP contribution is 2.24. The molecule has 0 bridgehead atoms. The first-order valence-electron chi connectivity index (χ1n) is 7.00. The van der Waals surface area contributed by atoms with Crippen LogP contribution >= 0.6 is 23.4 Å². The number of hydrogen-bond acceptors (Lipinski definition) is 3. The Morgan fingerprint density at radius 2 is 2.09 bits per heavy atom. The molecule has 1 aromatic carbocycles. The van der Waals surface area contributed by atoms with Gasteiger partial charge in [0.05, 0.1) is 0 Å². The molecule has 0 aromatic heterocycles. The van der Waals surface area contributed by atoms with Gasteiger partial charge < -0.3 is 15.4 Å². The van der Waals surface area contributed by atoms with Crippen LogP contribution in [0.2, 0.25) is 5.02 Å². The number of benzene rings is 1. The van der Waals surface area contributed by atoms with Crippen LogP contribution in [0, 0.1) is 0 Å². The van der Waals surface area contributed by atoms with E-state index in [1.807, 2.05) is 6.26 Å². The Morgan fingerprint density at radius 3 is 2.65 bits per heavy atom. The third-order valence-corrected chi connectivity index (χ3v) is 4.63. The molecule has 0 fully saturated rings. The Balaban J connectivity index is 2.70. The van der Waals surface area contributed by atoms with E-state index in [0.717, 1.165) is 0 Å². The minimum absolute atomic E-state index is 0.0532. The average Bonchev–Trinajstić information content (AvgIpc) is 2.49. The van der Waals surface area contributed by atoms with Crippen molar-refractivity contribution in [3.63, 3.8) is 0 Å². The molecule has 23 heavy (non-hydrogen) atoms. The Kier molecular flexibility index (Phi) is 7.91. The van der Waals surface area contributed by atoms with Gasteiger partial charge in [0.2, 0.25) is 0 Å². The minimum atomic E-state index is -2.88. The molecule has 0 spiro atoms. The molecule has 0 saturated carbocycles. The number of rotatable bonds is 7. The van der Waals surface area contributed by atoms with Gasteiger partial charge in [-0.3, -0.25) is 4.99 Å². The lowest BCUT2D eigenvalue weighted by Gasteiger charge is -2.24. The maximum atomic E-state index is 12.4. The molecule has 1 rings (SSSR count). The van der Waals surface area contributed by atoms with Crippen LogP contribution in [0.3, 0.4) is 0 Å². The minimum Gasteiger partial charge on any atom is -0.434 e. The van der Waals surface area contributed by atoms with Crippen LogP contribution in [0.15, 0.2) is 23.2 Å². The molecule has 1 aromatic rings. The normalized spacial score (nSPS) is 12.4.